The molecule has 0 radical (unpaired) electrons. The molecule has 0 aliphatic carbocycles. The fourth-order valence-electron chi connectivity index (χ4n) is 2.20. The van der Waals surface area contributed by atoms with Crippen LogP contribution < -0.4 is 5.32 Å². The minimum Gasteiger partial charge on any atom is -0.348 e. The van der Waals surface area contributed by atoms with Crippen molar-refractivity contribution in [1.29, 1.82) is 0 Å². The first-order chi connectivity index (χ1) is 9.00. The molecule has 104 valence electrons. The van der Waals surface area contributed by atoms with Crippen LogP contribution >= 0.6 is 11.6 Å². The molecule has 4 nitrogen and oxygen atoms in total. The maximum absolute atomic E-state index is 12.0. The molecule has 0 spiro atoms. The molecule has 1 aromatic rings. The topological polar surface area (TPSA) is 63.2 Å². The highest BCUT2D eigenvalue weighted by molar-refractivity contribution is 7.91. The molecule has 19 heavy (non-hydrogen) atoms. The van der Waals surface area contributed by atoms with Crippen LogP contribution in [0.4, 0.5) is 0 Å². The molecule has 2 rings (SSSR count). The summed E-state index contributed by atoms with van der Waals surface area (Å²) in [6, 6.07) is 6.74. The van der Waals surface area contributed by atoms with Gasteiger partial charge >= 0.3 is 0 Å². The SMILES string of the molecule is O=C(NC1CCCS(=O)(=O)C1)c1cccc(CCl)c1. The molecule has 0 aromatic heterocycles. The summed E-state index contributed by atoms with van der Waals surface area (Å²) >= 11 is 5.72. The van der Waals surface area contributed by atoms with Crippen molar-refractivity contribution < 1.29 is 13.2 Å². The fraction of sp³-hybridized carbons (Fsp3) is 0.462. The van der Waals surface area contributed by atoms with Crippen molar-refractivity contribution in [2.24, 2.45) is 0 Å². The van der Waals surface area contributed by atoms with Crippen molar-refractivity contribution in [3.8, 4) is 0 Å². The van der Waals surface area contributed by atoms with Crippen LogP contribution in [0.5, 0.6) is 0 Å². The van der Waals surface area contributed by atoms with Gasteiger partial charge < -0.3 is 5.32 Å². The lowest BCUT2D eigenvalue weighted by molar-refractivity contribution is 0.0938. The number of carbonyl (C=O) groups is 1. The van der Waals surface area contributed by atoms with Crippen LogP contribution in [0.1, 0.15) is 28.8 Å². The number of sulfone groups is 1. The molecule has 1 saturated heterocycles. The number of rotatable bonds is 3. The summed E-state index contributed by atoms with van der Waals surface area (Å²) in [6.45, 7) is 0. The standard InChI is InChI=1S/C13H16ClNO3S/c14-8-10-3-1-4-11(7-10)13(16)15-12-5-2-6-19(17,18)9-12/h1,3-4,7,12H,2,5-6,8-9H2,(H,15,16). The van der Waals surface area contributed by atoms with Gasteiger partial charge in [-0.25, -0.2) is 8.42 Å². The highest BCUT2D eigenvalue weighted by Crippen LogP contribution is 2.13. The minimum atomic E-state index is -3.01. The molecule has 1 aliphatic rings. The largest absolute Gasteiger partial charge is 0.348 e. The van der Waals surface area contributed by atoms with Gasteiger partial charge in [0.2, 0.25) is 0 Å². The summed E-state index contributed by atoms with van der Waals surface area (Å²) in [7, 11) is -3.01. The van der Waals surface area contributed by atoms with E-state index in [-0.39, 0.29) is 23.5 Å². The van der Waals surface area contributed by atoms with Crippen molar-refractivity contribution >= 4 is 27.3 Å². The van der Waals surface area contributed by atoms with Crippen LogP contribution in [0.15, 0.2) is 24.3 Å². The average Bonchev–Trinajstić information content (AvgIpc) is 2.37. The van der Waals surface area contributed by atoms with Gasteiger partial charge in [-0.1, -0.05) is 12.1 Å². The Bertz CT molecular complexity index is 571. The predicted molar refractivity (Wildman–Crippen MR) is 75.1 cm³/mol. The highest BCUT2D eigenvalue weighted by Gasteiger charge is 2.26. The molecule has 1 aromatic carbocycles. The van der Waals surface area contributed by atoms with Crippen molar-refractivity contribution in [2.75, 3.05) is 11.5 Å². The van der Waals surface area contributed by atoms with Crippen molar-refractivity contribution in [2.45, 2.75) is 24.8 Å². The molecular weight excluding hydrogens is 286 g/mol. The van der Waals surface area contributed by atoms with Gasteiger partial charge in [-0.2, -0.15) is 0 Å². The maximum atomic E-state index is 12.0. The molecule has 6 heteroatoms. The van der Waals surface area contributed by atoms with E-state index in [0.29, 0.717) is 24.3 Å². The molecule has 1 fully saturated rings. The Hall–Kier alpha value is -1.07. The number of halogens is 1. The van der Waals surface area contributed by atoms with Crippen LogP contribution in [0.3, 0.4) is 0 Å². The van der Waals surface area contributed by atoms with Crippen LogP contribution in [0.2, 0.25) is 0 Å². The minimum absolute atomic E-state index is 0.0357. The molecule has 1 atom stereocenters. The summed E-state index contributed by atoms with van der Waals surface area (Å²) in [6.07, 6.45) is 1.31. The average molecular weight is 302 g/mol. The number of amides is 1. The Morgan fingerprint density at radius 3 is 2.89 bits per heavy atom. The molecule has 0 bridgehead atoms. The number of benzene rings is 1. The number of hydrogen-bond acceptors (Lipinski definition) is 3. The Balaban J connectivity index is 2.04. The van der Waals surface area contributed by atoms with Crippen molar-refractivity contribution in [3.05, 3.63) is 35.4 Å². The summed E-state index contributed by atoms with van der Waals surface area (Å²) < 4.78 is 23.0. The number of carbonyl (C=O) groups excluding carboxylic acids is 1. The van der Waals surface area contributed by atoms with Crippen LogP contribution in [-0.4, -0.2) is 31.9 Å². The normalized spacial score (nSPS) is 21.8. The number of alkyl halides is 1. The maximum Gasteiger partial charge on any atom is 0.251 e. The first kappa shape index (κ1) is 14.3. The second kappa shape index (κ2) is 5.92. The third-order valence-corrected chi connectivity index (χ3v) is 5.27. The lowest BCUT2D eigenvalue weighted by Crippen LogP contribution is -2.43. The van der Waals surface area contributed by atoms with Gasteiger partial charge in [0.05, 0.1) is 11.5 Å². The number of nitrogens with one attached hydrogen (secondary N) is 1. The van der Waals surface area contributed by atoms with Gasteiger partial charge in [0.1, 0.15) is 0 Å². The lowest BCUT2D eigenvalue weighted by atomic mass is 10.1. The summed E-state index contributed by atoms with van der Waals surface area (Å²) in [4.78, 5) is 12.0. The van der Waals surface area contributed by atoms with Gasteiger partial charge in [-0.05, 0) is 30.5 Å². The zero-order chi connectivity index (χ0) is 13.9. The van der Waals surface area contributed by atoms with Crippen molar-refractivity contribution in [3.63, 3.8) is 0 Å². The molecule has 1 aliphatic heterocycles. The second-order valence-corrected chi connectivity index (χ2v) is 7.26. The van der Waals surface area contributed by atoms with Gasteiger partial charge in [-0.3, -0.25) is 4.79 Å². The predicted octanol–water partition coefficient (Wildman–Crippen LogP) is 1.73. The Morgan fingerprint density at radius 2 is 2.21 bits per heavy atom. The Kier molecular flexibility index (Phi) is 4.47. The third kappa shape index (κ3) is 3.94. The quantitative estimate of drug-likeness (QED) is 0.865. The van der Waals surface area contributed by atoms with E-state index < -0.39 is 9.84 Å². The van der Waals surface area contributed by atoms with Crippen molar-refractivity contribution in [1.82, 2.24) is 5.32 Å². The second-order valence-electron chi connectivity index (χ2n) is 4.76. The zero-order valence-electron chi connectivity index (χ0n) is 10.4. The molecule has 1 heterocycles. The summed E-state index contributed by atoms with van der Waals surface area (Å²) in [5.41, 5.74) is 1.38. The van der Waals surface area contributed by atoms with Gasteiger partial charge in [0.15, 0.2) is 9.84 Å². The summed E-state index contributed by atoms with van der Waals surface area (Å²) in [5.74, 6) is 0.364. The van der Waals surface area contributed by atoms with E-state index in [1.807, 2.05) is 6.07 Å². The van der Waals surface area contributed by atoms with E-state index in [4.69, 9.17) is 11.6 Å². The van der Waals surface area contributed by atoms with E-state index in [9.17, 15) is 13.2 Å². The molecule has 1 amide bonds. The highest BCUT2D eigenvalue weighted by atomic mass is 35.5. The molecule has 1 unspecified atom stereocenters. The van der Waals surface area contributed by atoms with Crippen LogP contribution in [0, 0.1) is 0 Å². The fourth-order valence-corrected chi connectivity index (χ4v) is 4.00. The molecule has 0 saturated carbocycles. The van der Waals surface area contributed by atoms with Gasteiger partial charge in [0, 0.05) is 17.5 Å². The van der Waals surface area contributed by atoms with E-state index in [1.165, 1.54) is 0 Å². The van der Waals surface area contributed by atoms with E-state index >= 15 is 0 Å². The monoisotopic (exact) mass is 301 g/mol. The Morgan fingerprint density at radius 1 is 1.42 bits per heavy atom. The van der Waals surface area contributed by atoms with Gasteiger partial charge in [0.25, 0.3) is 5.91 Å². The Labute approximate surface area is 118 Å². The zero-order valence-corrected chi connectivity index (χ0v) is 12.0. The molecule has 1 N–H and O–H groups in total. The third-order valence-electron chi connectivity index (χ3n) is 3.14. The number of hydrogen-bond donors (Lipinski definition) is 1. The molecular formula is C13H16ClNO3S. The smallest absolute Gasteiger partial charge is 0.251 e. The van der Waals surface area contributed by atoms with Crippen LogP contribution in [-0.2, 0) is 15.7 Å². The first-order valence-electron chi connectivity index (χ1n) is 6.16. The summed E-state index contributed by atoms with van der Waals surface area (Å²) in [5, 5.41) is 2.78. The van der Waals surface area contributed by atoms with E-state index in [1.54, 1.807) is 18.2 Å². The van der Waals surface area contributed by atoms with E-state index in [2.05, 4.69) is 5.32 Å². The van der Waals surface area contributed by atoms with Gasteiger partial charge in [-0.15, -0.1) is 11.6 Å². The first-order valence-corrected chi connectivity index (χ1v) is 8.52. The van der Waals surface area contributed by atoms with Crippen LogP contribution in [0.25, 0.3) is 0 Å². The van der Waals surface area contributed by atoms with E-state index in [0.717, 1.165) is 5.56 Å². The lowest BCUT2D eigenvalue weighted by Gasteiger charge is -2.23.